The number of nitrogens with two attached hydrogens (primary N) is 1. The highest BCUT2D eigenvalue weighted by Crippen LogP contribution is 2.04. The number of nitrogens with zero attached hydrogens (tertiary/aromatic N) is 1. The molecule has 0 radical (unpaired) electrons. The Morgan fingerprint density at radius 2 is 2.08 bits per heavy atom. The molecule has 0 amide bonds. The van der Waals surface area contributed by atoms with Crippen molar-refractivity contribution in [3.05, 3.63) is 26.4 Å². The molecule has 0 spiro atoms. The number of aromatic hydroxyl groups is 1. The van der Waals surface area contributed by atoms with Gasteiger partial charge in [-0.1, -0.05) is 0 Å². The van der Waals surface area contributed by atoms with Gasteiger partial charge in [0.05, 0.1) is 5.71 Å². The molecule has 1 aromatic rings. The molecule has 0 aliphatic carbocycles. The number of hydrogen-bond acceptors (Lipinski definition) is 5. The molecule has 0 aliphatic heterocycles. The third-order valence-corrected chi connectivity index (χ3v) is 1.48. The zero-order chi connectivity index (χ0) is 10.0. The monoisotopic (exact) mass is 184 g/mol. The topological polar surface area (TPSA) is 124 Å². The van der Waals surface area contributed by atoms with Crippen LogP contribution in [-0.4, -0.2) is 20.8 Å². The first-order chi connectivity index (χ1) is 6.06. The van der Waals surface area contributed by atoms with Gasteiger partial charge in [-0.15, -0.1) is 0 Å². The van der Waals surface area contributed by atoms with E-state index in [0.29, 0.717) is 0 Å². The molecule has 0 fully saturated rings. The van der Waals surface area contributed by atoms with Gasteiger partial charge in [0.25, 0.3) is 5.56 Å². The van der Waals surface area contributed by atoms with E-state index in [-0.39, 0.29) is 11.3 Å². The van der Waals surface area contributed by atoms with Crippen LogP contribution in [0.3, 0.4) is 0 Å². The van der Waals surface area contributed by atoms with E-state index in [1.165, 1.54) is 6.92 Å². The van der Waals surface area contributed by atoms with E-state index in [1.807, 2.05) is 9.97 Å². The predicted octanol–water partition coefficient (Wildman–Crippen LogP) is -1.55. The quantitative estimate of drug-likeness (QED) is 0.239. The second-order valence-corrected chi connectivity index (χ2v) is 2.35. The van der Waals surface area contributed by atoms with Crippen LogP contribution in [0.5, 0.6) is 5.88 Å². The van der Waals surface area contributed by atoms with Gasteiger partial charge < -0.3 is 10.9 Å². The smallest absolute Gasteiger partial charge is 0.328 e. The van der Waals surface area contributed by atoms with Crippen molar-refractivity contribution < 1.29 is 5.11 Å². The number of hydrogen-bond donors (Lipinski definition) is 4. The van der Waals surface area contributed by atoms with Crippen molar-refractivity contribution in [3.8, 4) is 5.88 Å². The molecule has 7 nitrogen and oxygen atoms in total. The minimum atomic E-state index is -0.781. The van der Waals surface area contributed by atoms with Gasteiger partial charge in [0, 0.05) is 0 Å². The summed E-state index contributed by atoms with van der Waals surface area (Å²) in [5.41, 5.74) is -1.51. The van der Waals surface area contributed by atoms with E-state index in [1.54, 1.807) is 0 Å². The predicted molar refractivity (Wildman–Crippen MR) is 45.7 cm³/mol. The molecular formula is C6H8N4O3. The summed E-state index contributed by atoms with van der Waals surface area (Å²) in [6, 6.07) is 0. The molecule has 0 saturated carbocycles. The fourth-order valence-electron chi connectivity index (χ4n) is 0.875. The molecule has 0 unspecified atom stereocenters. The van der Waals surface area contributed by atoms with Crippen molar-refractivity contribution >= 4 is 5.71 Å². The highest BCUT2D eigenvalue weighted by atomic mass is 16.3. The molecule has 13 heavy (non-hydrogen) atoms. The van der Waals surface area contributed by atoms with Crippen molar-refractivity contribution in [2.45, 2.75) is 6.92 Å². The first-order valence-corrected chi connectivity index (χ1v) is 3.36. The largest absolute Gasteiger partial charge is 0.494 e. The summed E-state index contributed by atoms with van der Waals surface area (Å²) in [6.07, 6.45) is 0. The van der Waals surface area contributed by atoms with Gasteiger partial charge in [0.1, 0.15) is 5.56 Å². The maximum Gasteiger partial charge on any atom is 0.328 e. The number of hydrazone groups is 1. The average molecular weight is 184 g/mol. The van der Waals surface area contributed by atoms with E-state index >= 15 is 0 Å². The van der Waals surface area contributed by atoms with Gasteiger partial charge in [-0.3, -0.25) is 14.8 Å². The summed E-state index contributed by atoms with van der Waals surface area (Å²) < 4.78 is 0. The number of H-pyrrole nitrogens is 2. The third kappa shape index (κ3) is 1.58. The first-order valence-electron chi connectivity index (χ1n) is 3.36. The summed E-state index contributed by atoms with van der Waals surface area (Å²) in [5, 5.41) is 12.4. The molecule has 1 heterocycles. The molecule has 0 bridgehead atoms. The molecule has 0 aliphatic rings. The lowest BCUT2D eigenvalue weighted by molar-refractivity contribution is 0.447. The highest BCUT2D eigenvalue weighted by Gasteiger charge is 2.10. The Balaban J connectivity index is 3.56. The molecule has 0 atom stereocenters. The number of aromatic amines is 2. The third-order valence-electron chi connectivity index (χ3n) is 1.48. The van der Waals surface area contributed by atoms with Gasteiger partial charge in [-0.25, -0.2) is 4.79 Å². The summed E-state index contributed by atoms with van der Waals surface area (Å²) >= 11 is 0. The van der Waals surface area contributed by atoms with Gasteiger partial charge in [-0.2, -0.15) is 5.10 Å². The molecule has 1 rings (SSSR count). The Bertz CT molecular complexity index is 456. The zero-order valence-corrected chi connectivity index (χ0v) is 6.79. The summed E-state index contributed by atoms with van der Waals surface area (Å²) in [6.45, 7) is 1.43. The molecule has 7 heteroatoms. The van der Waals surface area contributed by atoms with Crippen LogP contribution in [0.15, 0.2) is 14.7 Å². The maximum absolute atomic E-state index is 11.1. The highest BCUT2D eigenvalue weighted by molar-refractivity contribution is 5.99. The number of rotatable bonds is 1. The maximum atomic E-state index is 11.1. The fourth-order valence-corrected chi connectivity index (χ4v) is 0.875. The summed E-state index contributed by atoms with van der Waals surface area (Å²) in [7, 11) is 0. The second kappa shape index (κ2) is 3.13. The summed E-state index contributed by atoms with van der Waals surface area (Å²) in [4.78, 5) is 25.7. The van der Waals surface area contributed by atoms with Crippen molar-refractivity contribution in [2.24, 2.45) is 10.9 Å². The molecule has 0 aromatic carbocycles. The van der Waals surface area contributed by atoms with Gasteiger partial charge in [0.15, 0.2) is 0 Å². The minimum absolute atomic E-state index is 0.134. The van der Waals surface area contributed by atoms with Crippen LogP contribution in [0, 0.1) is 0 Å². The normalized spacial score (nSPS) is 11.6. The lowest BCUT2D eigenvalue weighted by Crippen LogP contribution is -2.27. The second-order valence-electron chi connectivity index (χ2n) is 2.35. The fraction of sp³-hybridized carbons (Fsp3) is 0.167. The van der Waals surface area contributed by atoms with Gasteiger partial charge >= 0.3 is 5.69 Å². The SMILES string of the molecule is C/C(=N\N)c1c(O)[nH]c(=O)[nH]c1=O. The van der Waals surface area contributed by atoms with Crippen LogP contribution < -0.4 is 17.1 Å². The van der Waals surface area contributed by atoms with Crippen molar-refractivity contribution in [3.63, 3.8) is 0 Å². The van der Waals surface area contributed by atoms with E-state index < -0.39 is 17.1 Å². The van der Waals surface area contributed by atoms with Crippen LogP contribution >= 0.6 is 0 Å². The van der Waals surface area contributed by atoms with E-state index in [2.05, 4.69) is 5.10 Å². The Morgan fingerprint density at radius 3 is 2.54 bits per heavy atom. The van der Waals surface area contributed by atoms with Gasteiger partial charge in [-0.05, 0) is 6.92 Å². The lowest BCUT2D eigenvalue weighted by Gasteiger charge is -1.99. The molecule has 0 saturated heterocycles. The number of aromatic nitrogens is 2. The van der Waals surface area contributed by atoms with Crippen molar-refractivity contribution in [1.82, 2.24) is 9.97 Å². The average Bonchev–Trinajstić information content (AvgIpc) is 2.02. The van der Waals surface area contributed by atoms with Crippen molar-refractivity contribution in [2.75, 3.05) is 0 Å². The Morgan fingerprint density at radius 1 is 1.46 bits per heavy atom. The van der Waals surface area contributed by atoms with Crippen LogP contribution in [0.4, 0.5) is 0 Å². The van der Waals surface area contributed by atoms with Crippen LogP contribution in [0.25, 0.3) is 0 Å². The van der Waals surface area contributed by atoms with Crippen LogP contribution in [0.2, 0.25) is 0 Å². The van der Waals surface area contributed by atoms with E-state index in [9.17, 15) is 9.59 Å². The minimum Gasteiger partial charge on any atom is -0.494 e. The zero-order valence-electron chi connectivity index (χ0n) is 6.79. The Labute approximate surface area is 71.9 Å². The summed E-state index contributed by atoms with van der Waals surface area (Å²) in [5.74, 6) is 4.37. The van der Waals surface area contributed by atoms with E-state index in [0.717, 1.165) is 0 Å². The van der Waals surface area contributed by atoms with Gasteiger partial charge in [0.2, 0.25) is 5.88 Å². The van der Waals surface area contributed by atoms with Crippen molar-refractivity contribution in [1.29, 1.82) is 0 Å². The van der Waals surface area contributed by atoms with E-state index in [4.69, 9.17) is 10.9 Å². The van der Waals surface area contributed by atoms with Crippen LogP contribution in [-0.2, 0) is 0 Å². The van der Waals surface area contributed by atoms with Crippen LogP contribution in [0.1, 0.15) is 12.5 Å². The molecular weight excluding hydrogens is 176 g/mol. The standard InChI is InChI=1S/C6H8N4O3/c1-2(10-7)3-4(11)8-6(13)9-5(3)12/h7H2,1H3,(H3,8,9,11,12,13)/b10-2+. The molecule has 1 aromatic heterocycles. The first kappa shape index (κ1) is 9.04. The lowest BCUT2D eigenvalue weighted by atomic mass is 10.2. The Hall–Kier alpha value is -2.05. The number of nitrogens with one attached hydrogen (secondary N) is 2. The Kier molecular flexibility index (Phi) is 2.18. The molecule has 70 valence electrons. The molecule has 5 N–H and O–H groups in total.